The van der Waals surface area contributed by atoms with Gasteiger partial charge in [-0.05, 0) is 71.5 Å². The van der Waals surface area contributed by atoms with Crippen LogP contribution < -0.4 is 4.74 Å². The number of carbonyl (C=O) groups is 1. The molecule has 0 aliphatic carbocycles. The number of nitrogens with zero attached hydrogens (tertiary/aromatic N) is 1. The van der Waals surface area contributed by atoms with Crippen molar-refractivity contribution >= 4 is 34.3 Å². The molecule has 0 spiro atoms. The second-order valence-corrected chi connectivity index (χ2v) is 5.54. The van der Waals surface area contributed by atoms with E-state index in [0.717, 1.165) is 27.1 Å². The Kier molecular flexibility index (Phi) is 4.65. The van der Waals surface area contributed by atoms with Crippen molar-refractivity contribution in [2.45, 2.75) is 13.8 Å². The first kappa shape index (κ1) is 14.8. The number of esters is 1. The second-order valence-electron chi connectivity index (χ2n) is 4.38. The molecule has 104 valence electrons. The summed E-state index contributed by atoms with van der Waals surface area (Å²) in [6.07, 6.45) is 4.14. The Morgan fingerprint density at radius 1 is 1.30 bits per heavy atom. The third-order valence-electron chi connectivity index (χ3n) is 3.01. The molecule has 1 aromatic carbocycles. The van der Waals surface area contributed by atoms with Gasteiger partial charge in [0.1, 0.15) is 5.75 Å². The molecule has 0 saturated carbocycles. The van der Waals surface area contributed by atoms with Crippen molar-refractivity contribution in [2.24, 2.45) is 0 Å². The van der Waals surface area contributed by atoms with Crippen LogP contribution in [-0.4, -0.2) is 17.4 Å². The number of likely N-dealkylation sites (N-methyl/N-ethyl adjacent to an activating group) is 1. The summed E-state index contributed by atoms with van der Waals surface area (Å²) in [5.41, 5.74) is 3.19. The Morgan fingerprint density at radius 2 is 1.95 bits per heavy atom. The first-order valence-electron chi connectivity index (χ1n) is 6.36. The first-order chi connectivity index (χ1) is 9.52. The summed E-state index contributed by atoms with van der Waals surface area (Å²) in [6.45, 7) is 8.47. The lowest BCUT2D eigenvalue weighted by molar-refractivity contribution is -0.131. The van der Waals surface area contributed by atoms with Crippen molar-refractivity contribution in [1.29, 1.82) is 0 Å². The van der Waals surface area contributed by atoms with E-state index in [1.54, 1.807) is 12.1 Å². The van der Waals surface area contributed by atoms with E-state index in [1.807, 2.05) is 12.1 Å². The lowest BCUT2D eigenvalue weighted by Crippen LogP contribution is -2.22. The normalized spacial score (nSPS) is 14.8. The minimum atomic E-state index is -0.310. The highest BCUT2D eigenvalue weighted by Gasteiger charge is 2.18. The van der Waals surface area contributed by atoms with E-state index in [9.17, 15) is 4.79 Å². The van der Waals surface area contributed by atoms with Gasteiger partial charge in [0.2, 0.25) is 0 Å². The maximum Gasteiger partial charge on any atom is 0.308 e. The van der Waals surface area contributed by atoms with Gasteiger partial charge in [0.15, 0.2) is 0 Å². The van der Waals surface area contributed by atoms with Crippen LogP contribution in [0, 0.1) is 0 Å². The van der Waals surface area contributed by atoms with Crippen LogP contribution >= 0.6 is 22.6 Å². The topological polar surface area (TPSA) is 29.5 Å². The molecule has 1 aliphatic heterocycles. The van der Waals surface area contributed by atoms with Crippen LogP contribution in [0.25, 0.3) is 5.70 Å². The van der Waals surface area contributed by atoms with E-state index >= 15 is 0 Å². The van der Waals surface area contributed by atoms with Gasteiger partial charge >= 0.3 is 5.97 Å². The minimum absolute atomic E-state index is 0.310. The zero-order valence-electron chi connectivity index (χ0n) is 11.5. The van der Waals surface area contributed by atoms with Gasteiger partial charge in [-0.3, -0.25) is 4.79 Å². The van der Waals surface area contributed by atoms with Crippen molar-refractivity contribution in [3.05, 3.63) is 57.8 Å². The summed E-state index contributed by atoms with van der Waals surface area (Å²) >= 11 is 2.29. The maximum atomic E-state index is 10.9. The minimum Gasteiger partial charge on any atom is -0.427 e. The molecule has 3 nitrogen and oxygen atoms in total. The van der Waals surface area contributed by atoms with Gasteiger partial charge in [0.25, 0.3) is 0 Å². The zero-order valence-corrected chi connectivity index (χ0v) is 13.7. The van der Waals surface area contributed by atoms with Crippen LogP contribution in [-0.2, 0) is 4.79 Å². The third-order valence-corrected chi connectivity index (χ3v) is 3.99. The molecule has 1 aromatic rings. The summed E-state index contributed by atoms with van der Waals surface area (Å²) in [4.78, 5) is 13.1. The molecule has 0 fully saturated rings. The van der Waals surface area contributed by atoms with Crippen molar-refractivity contribution in [2.75, 3.05) is 6.54 Å². The fourth-order valence-electron chi connectivity index (χ4n) is 2.09. The van der Waals surface area contributed by atoms with Gasteiger partial charge in [-0.2, -0.15) is 0 Å². The zero-order chi connectivity index (χ0) is 14.7. The molecule has 0 radical (unpaired) electrons. The highest BCUT2D eigenvalue weighted by atomic mass is 127. The summed E-state index contributed by atoms with van der Waals surface area (Å²) in [5, 5.41) is 0. The molecule has 0 aromatic heterocycles. The van der Waals surface area contributed by atoms with E-state index in [2.05, 4.69) is 53.1 Å². The highest BCUT2D eigenvalue weighted by Crippen LogP contribution is 2.33. The molecule has 0 unspecified atom stereocenters. The van der Waals surface area contributed by atoms with Crippen LogP contribution in [0.4, 0.5) is 0 Å². The van der Waals surface area contributed by atoms with Crippen LogP contribution in [0.3, 0.4) is 0 Å². The quantitative estimate of drug-likeness (QED) is 0.448. The molecule has 4 heteroatoms. The lowest BCUT2D eigenvalue weighted by Gasteiger charge is -2.30. The Hall–Kier alpha value is -1.56. The highest BCUT2D eigenvalue weighted by molar-refractivity contribution is 14.1. The number of hydrogen-bond acceptors (Lipinski definition) is 3. The Balaban J connectivity index is 2.30. The van der Waals surface area contributed by atoms with Gasteiger partial charge in [0.05, 0.1) is 0 Å². The Morgan fingerprint density at radius 3 is 2.50 bits per heavy atom. The predicted octanol–water partition coefficient (Wildman–Crippen LogP) is 4.12. The number of hydrogen-bond donors (Lipinski definition) is 0. The maximum absolute atomic E-state index is 10.9. The molecular weight excluding hydrogens is 365 g/mol. The van der Waals surface area contributed by atoms with E-state index in [1.165, 1.54) is 6.92 Å². The molecule has 0 bridgehead atoms. The average molecular weight is 381 g/mol. The smallest absolute Gasteiger partial charge is 0.308 e. The van der Waals surface area contributed by atoms with Crippen molar-refractivity contribution in [3.8, 4) is 5.75 Å². The number of rotatable bonds is 3. The van der Waals surface area contributed by atoms with Gasteiger partial charge in [-0.25, -0.2) is 0 Å². The largest absolute Gasteiger partial charge is 0.427 e. The van der Waals surface area contributed by atoms with Gasteiger partial charge in [-0.15, -0.1) is 0 Å². The van der Waals surface area contributed by atoms with E-state index in [0.29, 0.717) is 5.75 Å². The average Bonchev–Trinajstić information content (AvgIpc) is 2.42. The summed E-state index contributed by atoms with van der Waals surface area (Å²) in [6, 6.07) is 7.51. The SMILES string of the molecule is C=C1C(I)=CC=C(c2ccc(OC(C)=O)cc2)N1CC. The fourth-order valence-corrected chi connectivity index (χ4v) is 2.56. The number of allylic oxidation sites excluding steroid dienone is 3. The van der Waals surface area contributed by atoms with Crippen molar-refractivity contribution in [3.63, 3.8) is 0 Å². The number of halogens is 1. The first-order valence-corrected chi connectivity index (χ1v) is 7.44. The fraction of sp³-hybridized carbons (Fsp3) is 0.188. The Labute approximate surface area is 132 Å². The second kappa shape index (κ2) is 6.26. The molecule has 0 atom stereocenters. The standard InChI is InChI=1S/C16H16INO2/c1-4-18-11(2)15(17)9-10-16(18)13-5-7-14(8-6-13)20-12(3)19/h5-10H,2,4H2,1,3H3. The monoisotopic (exact) mass is 381 g/mol. The molecule has 0 amide bonds. The molecule has 20 heavy (non-hydrogen) atoms. The molecular formula is C16H16INO2. The number of ether oxygens (including phenoxy) is 1. The predicted molar refractivity (Wildman–Crippen MR) is 89.4 cm³/mol. The van der Waals surface area contributed by atoms with Crippen molar-refractivity contribution < 1.29 is 9.53 Å². The van der Waals surface area contributed by atoms with Crippen LogP contribution in [0.5, 0.6) is 5.75 Å². The molecule has 1 aliphatic rings. The molecule has 1 heterocycles. The van der Waals surface area contributed by atoms with Gasteiger partial charge < -0.3 is 9.64 Å². The number of benzene rings is 1. The number of carbonyl (C=O) groups excluding carboxylic acids is 1. The van der Waals surface area contributed by atoms with Gasteiger partial charge in [-0.1, -0.05) is 6.58 Å². The molecule has 0 saturated heterocycles. The van der Waals surface area contributed by atoms with E-state index in [-0.39, 0.29) is 5.97 Å². The Bertz CT molecular complexity index is 599. The van der Waals surface area contributed by atoms with Gasteiger partial charge in [0, 0.05) is 28.4 Å². The summed E-state index contributed by atoms with van der Waals surface area (Å²) < 4.78 is 6.19. The van der Waals surface area contributed by atoms with E-state index in [4.69, 9.17) is 4.74 Å². The van der Waals surface area contributed by atoms with Crippen LogP contribution in [0.1, 0.15) is 19.4 Å². The van der Waals surface area contributed by atoms with E-state index < -0.39 is 0 Å². The van der Waals surface area contributed by atoms with Crippen molar-refractivity contribution in [1.82, 2.24) is 4.90 Å². The lowest BCUT2D eigenvalue weighted by atomic mass is 10.1. The van der Waals surface area contributed by atoms with Crippen LogP contribution in [0.15, 0.2) is 52.3 Å². The molecule has 2 rings (SSSR count). The third kappa shape index (κ3) is 3.12. The van der Waals surface area contributed by atoms with Crippen LogP contribution in [0.2, 0.25) is 0 Å². The summed E-state index contributed by atoms with van der Waals surface area (Å²) in [7, 11) is 0. The molecule has 0 N–H and O–H groups in total. The summed E-state index contributed by atoms with van der Waals surface area (Å²) in [5.74, 6) is 0.250.